The van der Waals surface area contributed by atoms with Crippen LogP contribution in [0.4, 0.5) is 23.2 Å². The zero-order chi connectivity index (χ0) is 16.5. The van der Waals surface area contributed by atoms with Gasteiger partial charge < -0.3 is 4.74 Å². The SMILES string of the molecule is O=[N+]([O-])c1ccc(Oc2c(F)cc(C(F)(F)F)cc2Cl)cc1. The molecular formula is C13H6ClF4NO3. The molecule has 0 amide bonds. The Morgan fingerprint density at radius 1 is 1.14 bits per heavy atom. The monoisotopic (exact) mass is 335 g/mol. The van der Waals surface area contributed by atoms with E-state index in [1.165, 1.54) is 12.1 Å². The lowest BCUT2D eigenvalue weighted by atomic mass is 10.2. The third-order valence-corrected chi connectivity index (χ3v) is 2.87. The summed E-state index contributed by atoms with van der Waals surface area (Å²) in [6.45, 7) is 0. The topological polar surface area (TPSA) is 52.4 Å². The van der Waals surface area contributed by atoms with E-state index in [2.05, 4.69) is 0 Å². The van der Waals surface area contributed by atoms with Crippen LogP contribution < -0.4 is 4.74 Å². The van der Waals surface area contributed by atoms with Gasteiger partial charge >= 0.3 is 6.18 Å². The summed E-state index contributed by atoms with van der Waals surface area (Å²) in [5.41, 5.74) is -1.46. The van der Waals surface area contributed by atoms with Crippen molar-refractivity contribution in [3.8, 4) is 11.5 Å². The van der Waals surface area contributed by atoms with Crippen LogP contribution in [-0.2, 0) is 6.18 Å². The maximum absolute atomic E-state index is 13.7. The highest BCUT2D eigenvalue weighted by Crippen LogP contribution is 2.38. The fraction of sp³-hybridized carbons (Fsp3) is 0.0769. The van der Waals surface area contributed by atoms with Crippen LogP contribution in [0, 0.1) is 15.9 Å². The van der Waals surface area contributed by atoms with Gasteiger partial charge in [-0.1, -0.05) is 11.6 Å². The zero-order valence-corrected chi connectivity index (χ0v) is 11.3. The molecular weight excluding hydrogens is 330 g/mol. The maximum atomic E-state index is 13.7. The number of alkyl halides is 3. The van der Waals surface area contributed by atoms with Crippen molar-refractivity contribution in [3.63, 3.8) is 0 Å². The molecule has 0 heterocycles. The molecule has 0 bridgehead atoms. The van der Waals surface area contributed by atoms with Gasteiger partial charge in [0, 0.05) is 12.1 Å². The molecule has 116 valence electrons. The first-order valence-electron chi connectivity index (χ1n) is 5.67. The molecule has 0 aliphatic heterocycles. The molecule has 2 aromatic rings. The highest BCUT2D eigenvalue weighted by molar-refractivity contribution is 6.32. The summed E-state index contributed by atoms with van der Waals surface area (Å²) in [5.74, 6) is -1.90. The number of hydrogen-bond donors (Lipinski definition) is 0. The Bertz CT molecular complexity index is 693. The Morgan fingerprint density at radius 3 is 2.18 bits per heavy atom. The van der Waals surface area contributed by atoms with Crippen molar-refractivity contribution in [1.29, 1.82) is 0 Å². The van der Waals surface area contributed by atoms with Gasteiger partial charge in [-0.05, 0) is 24.3 Å². The van der Waals surface area contributed by atoms with E-state index in [0.29, 0.717) is 6.07 Å². The van der Waals surface area contributed by atoms with Crippen molar-refractivity contribution < 1.29 is 27.2 Å². The van der Waals surface area contributed by atoms with Crippen molar-refractivity contribution in [2.75, 3.05) is 0 Å². The minimum Gasteiger partial charge on any atom is -0.453 e. The summed E-state index contributed by atoms with van der Waals surface area (Å²) in [4.78, 5) is 9.84. The average molecular weight is 336 g/mol. The molecule has 0 aliphatic rings. The summed E-state index contributed by atoms with van der Waals surface area (Å²) < 4.78 is 56.3. The summed E-state index contributed by atoms with van der Waals surface area (Å²) in [5, 5.41) is 9.92. The number of hydrogen-bond acceptors (Lipinski definition) is 3. The second kappa shape index (κ2) is 5.80. The highest BCUT2D eigenvalue weighted by atomic mass is 35.5. The van der Waals surface area contributed by atoms with Crippen molar-refractivity contribution in [3.05, 3.63) is 62.9 Å². The molecule has 0 atom stereocenters. The molecule has 0 radical (unpaired) electrons. The van der Waals surface area contributed by atoms with Gasteiger partial charge in [-0.15, -0.1) is 0 Å². The van der Waals surface area contributed by atoms with Gasteiger partial charge in [0.2, 0.25) is 0 Å². The minimum atomic E-state index is -4.74. The lowest BCUT2D eigenvalue weighted by Gasteiger charge is -2.12. The van der Waals surface area contributed by atoms with Crippen molar-refractivity contribution in [2.45, 2.75) is 6.18 Å². The normalized spacial score (nSPS) is 11.3. The standard InChI is InChI=1S/C13H6ClF4NO3/c14-10-5-7(13(16,17)18)6-11(15)12(10)22-9-3-1-8(2-4-9)19(20)21/h1-6H. The molecule has 0 fully saturated rings. The van der Waals surface area contributed by atoms with Crippen molar-refractivity contribution in [2.24, 2.45) is 0 Å². The Labute approximate surface area is 126 Å². The van der Waals surface area contributed by atoms with Crippen LogP contribution in [0.5, 0.6) is 11.5 Å². The highest BCUT2D eigenvalue weighted by Gasteiger charge is 2.32. The molecule has 0 saturated carbocycles. The Hall–Kier alpha value is -2.35. The van der Waals surface area contributed by atoms with Gasteiger partial charge in [0.15, 0.2) is 11.6 Å². The van der Waals surface area contributed by atoms with E-state index < -0.39 is 33.3 Å². The summed E-state index contributed by atoms with van der Waals surface area (Å²) in [6.07, 6.45) is -4.74. The Balaban J connectivity index is 2.32. The molecule has 2 aromatic carbocycles. The van der Waals surface area contributed by atoms with Crippen LogP contribution in [-0.4, -0.2) is 4.92 Å². The molecule has 2 rings (SSSR count). The van der Waals surface area contributed by atoms with Gasteiger partial charge in [-0.3, -0.25) is 10.1 Å². The third kappa shape index (κ3) is 3.45. The number of ether oxygens (including phenoxy) is 1. The van der Waals surface area contributed by atoms with Crippen LogP contribution in [0.3, 0.4) is 0 Å². The van der Waals surface area contributed by atoms with Crippen LogP contribution in [0.25, 0.3) is 0 Å². The van der Waals surface area contributed by atoms with E-state index in [9.17, 15) is 27.7 Å². The van der Waals surface area contributed by atoms with Gasteiger partial charge in [-0.2, -0.15) is 13.2 Å². The second-order valence-corrected chi connectivity index (χ2v) is 4.53. The molecule has 9 heteroatoms. The molecule has 0 unspecified atom stereocenters. The average Bonchev–Trinajstić information content (AvgIpc) is 2.42. The second-order valence-electron chi connectivity index (χ2n) is 4.12. The van der Waals surface area contributed by atoms with Crippen LogP contribution in [0.15, 0.2) is 36.4 Å². The first kappa shape index (κ1) is 16.0. The van der Waals surface area contributed by atoms with Crippen molar-refractivity contribution in [1.82, 2.24) is 0 Å². The number of nitrogens with zero attached hydrogens (tertiary/aromatic N) is 1. The number of non-ortho nitro benzene ring substituents is 1. The predicted octanol–water partition coefficient (Wildman–Crippen LogP) is 5.20. The number of rotatable bonds is 3. The van der Waals surface area contributed by atoms with E-state index in [1.807, 2.05) is 0 Å². The summed E-state index contributed by atoms with van der Waals surface area (Å²) in [6, 6.07) is 5.34. The minimum absolute atomic E-state index is 0.00819. The van der Waals surface area contributed by atoms with E-state index in [1.54, 1.807) is 0 Å². The van der Waals surface area contributed by atoms with Crippen LogP contribution in [0.1, 0.15) is 5.56 Å². The Morgan fingerprint density at radius 2 is 1.73 bits per heavy atom. The third-order valence-electron chi connectivity index (χ3n) is 2.59. The van der Waals surface area contributed by atoms with Gasteiger partial charge in [0.1, 0.15) is 5.75 Å². The Kier molecular flexibility index (Phi) is 4.23. The lowest BCUT2D eigenvalue weighted by molar-refractivity contribution is -0.384. The predicted molar refractivity (Wildman–Crippen MR) is 69.6 cm³/mol. The summed E-state index contributed by atoms with van der Waals surface area (Å²) >= 11 is 5.60. The van der Waals surface area contributed by atoms with E-state index in [0.717, 1.165) is 12.1 Å². The van der Waals surface area contributed by atoms with Crippen LogP contribution in [0.2, 0.25) is 5.02 Å². The quantitative estimate of drug-likeness (QED) is 0.440. The zero-order valence-electron chi connectivity index (χ0n) is 10.5. The van der Waals surface area contributed by atoms with Gasteiger partial charge in [0.25, 0.3) is 5.69 Å². The molecule has 4 nitrogen and oxygen atoms in total. The van der Waals surface area contributed by atoms with Crippen molar-refractivity contribution >= 4 is 17.3 Å². The molecule has 0 N–H and O–H groups in total. The van der Waals surface area contributed by atoms with Gasteiger partial charge in [0.05, 0.1) is 15.5 Å². The van der Waals surface area contributed by atoms with E-state index >= 15 is 0 Å². The molecule has 0 saturated heterocycles. The van der Waals surface area contributed by atoms with E-state index in [4.69, 9.17) is 16.3 Å². The number of benzene rings is 2. The molecule has 22 heavy (non-hydrogen) atoms. The molecule has 0 spiro atoms. The van der Waals surface area contributed by atoms with Gasteiger partial charge in [-0.25, -0.2) is 4.39 Å². The maximum Gasteiger partial charge on any atom is 0.416 e. The fourth-order valence-electron chi connectivity index (χ4n) is 1.57. The lowest BCUT2D eigenvalue weighted by Crippen LogP contribution is -2.06. The van der Waals surface area contributed by atoms with E-state index in [-0.39, 0.29) is 17.5 Å². The number of nitro groups is 1. The van der Waals surface area contributed by atoms with Crippen LogP contribution >= 0.6 is 11.6 Å². The number of nitro benzene ring substituents is 1. The molecule has 0 aromatic heterocycles. The number of halogens is 5. The molecule has 0 aliphatic carbocycles. The summed E-state index contributed by atoms with van der Waals surface area (Å²) in [7, 11) is 0. The first-order chi connectivity index (χ1) is 10.2. The fourth-order valence-corrected chi connectivity index (χ4v) is 1.82. The largest absolute Gasteiger partial charge is 0.453 e. The smallest absolute Gasteiger partial charge is 0.416 e. The first-order valence-corrected chi connectivity index (χ1v) is 6.05.